The number of nitrogens with one attached hydrogen (secondary N) is 1. The highest BCUT2D eigenvalue weighted by molar-refractivity contribution is 7.80. The molecule has 0 fully saturated rings. The molecule has 1 rings (SSSR count). The molecule has 0 unspecified atom stereocenters. The molecule has 5 heteroatoms. The van der Waals surface area contributed by atoms with E-state index in [1.54, 1.807) is 12.1 Å². The number of amides is 1. The van der Waals surface area contributed by atoms with E-state index in [-0.39, 0.29) is 5.91 Å². The van der Waals surface area contributed by atoms with Crippen LogP contribution < -0.4 is 5.32 Å². The second kappa shape index (κ2) is 7.92. The Morgan fingerprint density at radius 3 is 2.58 bits per heavy atom. The molecule has 0 spiro atoms. The van der Waals surface area contributed by atoms with E-state index >= 15 is 0 Å². The summed E-state index contributed by atoms with van der Waals surface area (Å²) in [7, 11) is 0. The van der Waals surface area contributed by atoms with Crippen LogP contribution in [0.3, 0.4) is 0 Å². The maximum absolute atomic E-state index is 11.7. The minimum absolute atomic E-state index is 0.253. The number of hydrogen-bond acceptors (Lipinski definition) is 2. The molecule has 1 aromatic rings. The molecule has 0 saturated heterocycles. The quantitative estimate of drug-likeness (QED) is 0.684. The third-order valence-corrected chi connectivity index (χ3v) is 3.30. The van der Waals surface area contributed by atoms with Crippen LogP contribution in [0.4, 0.5) is 0 Å². The molecule has 0 aliphatic carbocycles. The van der Waals surface area contributed by atoms with Crippen LogP contribution in [0.2, 0.25) is 5.02 Å². The highest BCUT2D eigenvalue weighted by Crippen LogP contribution is 2.15. The molecule has 0 heterocycles. The molecule has 19 heavy (non-hydrogen) atoms. The van der Waals surface area contributed by atoms with Crippen LogP contribution in [0.1, 0.15) is 19.4 Å². The van der Waals surface area contributed by atoms with Gasteiger partial charge in [-0.05, 0) is 43.8 Å². The lowest BCUT2D eigenvalue weighted by Gasteiger charge is -2.21. The van der Waals surface area contributed by atoms with E-state index in [4.69, 9.17) is 23.8 Å². The van der Waals surface area contributed by atoms with Gasteiger partial charge in [-0.25, -0.2) is 0 Å². The average Bonchev–Trinajstić information content (AvgIpc) is 2.39. The summed E-state index contributed by atoms with van der Waals surface area (Å²) in [5.74, 6) is -0.253. The van der Waals surface area contributed by atoms with Crippen molar-refractivity contribution in [2.45, 2.75) is 13.8 Å². The van der Waals surface area contributed by atoms with Crippen molar-refractivity contribution < 1.29 is 4.79 Å². The molecule has 0 radical (unpaired) electrons. The summed E-state index contributed by atoms with van der Waals surface area (Å²) in [5.41, 5.74) is 0.799. The first-order chi connectivity index (χ1) is 9.08. The molecule has 0 aliphatic heterocycles. The Balaban J connectivity index is 2.61. The fourth-order valence-electron chi connectivity index (χ4n) is 1.51. The number of nitrogens with zero attached hydrogens (tertiary/aromatic N) is 1. The first-order valence-corrected chi connectivity index (χ1v) is 6.89. The molecule has 0 bridgehead atoms. The molecular formula is C14H17ClN2OS. The Labute approximate surface area is 124 Å². The maximum atomic E-state index is 11.7. The number of carbonyl (C=O) groups is 1. The van der Waals surface area contributed by atoms with Crippen molar-refractivity contribution in [3.8, 4) is 0 Å². The summed E-state index contributed by atoms with van der Waals surface area (Å²) >= 11 is 11.1. The first-order valence-electron chi connectivity index (χ1n) is 6.11. The van der Waals surface area contributed by atoms with Gasteiger partial charge in [0.1, 0.15) is 0 Å². The Bertz CT molecular complexity index is 484. The molecule has 0 saturated carbocycles. The summed E-state index contributed by atoms with van der Waals surface area (Å²) in [6.07, 6.45) is 3.10. The minimum Gasteiger partial charge on any atom is -0.350 e. The number of thiocarbonyl (C=S) groups is 1. The number of carbonyl (C=O) groups excluding carboxylic acids is 1. The Morgan fingerprint density at radius 2 is 2.00 bits per heavy atom. The van der Waals surface area contributed by atoms with Gasteiger partial charge in [-0.3, -0.25) is 10.1 Å². The summed E-state index contributed by atoms with van der Waals surface area (Å²) in [5, 5.41) is 3.71. The monoisotopic (exact) mass is 296 g/mol. The molecule has 3 nitrogen and oxygen atoms in total. The van der Waals surface area contributed by atoms with Gasteiger partial charge in [0.25, 0.3) is 0 Å². The van der Waals surface area contributed by atoms with E-state index in [1.807, 2.05) is 36.9 Å². The summed E-state index contributed by atoms with van der Waals surface area (Å²) < 4.78 is 0. The largest absolute Gasteiger partial charge is 0.350 e. The molecule has 1 aromatic carbocycles. The van der Waals surface area contributed by atoms with E-state index in [0.717, 1.165) is 18.7 Å². The van der Waals surface area contributed by atoms with Crippen LogP contribution in [0.25, 0.3) is 6.08 Å². The lowest BCUT2D eigenvalue weighted by atomic mass is 10.2. The molecule has 102 valence electrons. The smallest absolute Gasteiger partial charge is 0.250 e. The number of benzene rings is 1. The zero-order chi connectivity index (χ0) is 14.3. The van der Waals surface area contributed by atoms with Crippen LogP contribution in [0, 0.1) is 0 Å². The summed E-state index contributed by atoms with van der Waals surface area (Å²) in [4.78, 5) is 13.6. The van der Waals surface area contributed by atoms with Crippen molar-refractivity contribution in [2.24, 2.45) is 0 Å². The van der Waals surface area contributed by atoms with Gasteiger partial charge in [0, 0.05) is 24.2 Å². The van der Waals surface area contributed by atoms with Crippen LogP contribution in [-0.2, 0) is 4.79 Å². The van der Waals surface area contributed by atoms with Crippen molar-refractivity contribution in [2.75, 3.05) is 13.1 Å². The molecule has 1 amide bonds. The topological polar surface area (TPSA) is 32.3 Å². The standard InChI is InChI=1S/C14H17ClN2OS/c1-3-17(4-2)14(19)16-13(18)10-9-11-7-5-6-8-12(11)15/h5-10H,3-4H2,1-2H3,(H,16,18,19)/b10-9+. The second-order valence-electron chi connectivity index (χ2n) is 3.82. The first kappa shape index (κ1) is 15.7. The van der Waals surface area contributed by atoms with Crippen molar-refractivity contribution in [3.05, 3.63) is 40.9 Å². The van der Waals surface area contributed by atoms with Crippen molar-refractivity contribution in [1.29, 1.82) is 0 Å². The Kier molecular flexibility index (Phi) is 6.53. The SMILES string of the molecule is CCN(CC)C(=S)NC(=O)/C=C/c1ccccc1Cl. The Morgan fingerprint density at radius 1 is 1.37 bits per heavy atom. The molecule has 1 N–H and O–H groups in total. The highest BCUT2D eigenvalue weighted by atomic mass is 35.5. The lowest BCUT2D eigenvalue weighted by molar-refractivity contribution is -0.115. The molecule has 0 atom stereocenters. The van der Waals surface area contributed by atoms with Crippen molar-refractivity contribution in [3.63, 3.8) is 0 Å². The average molecular weight is 297 g/mol. The zero-order valence-corrected chi connectivity index (χ0v) is 12.6. The number of halogens is 1. The van der Waals surface area contributed by atoms with Crippen molar-refractivity contribution >= 4 is 40.9 Å². The van der Waals surface area contributed by atoms with Gasteiger partial charge in [0.15, 0.2) is 5.11 Å². The minimum atomic E-state index is -0.253. The summed E-state index contributed by atoms with van der Waals surface area (Å²) in [6.45, 7) is 5.51. The molecule has 0 aliphatic rings. The van der Waals surface area contributed by atoms with Gasteiger partial charge < -0.3 is 4.90 Å². The van der Waals surface area contributed by atoms with Crippen molar-refractivity contribution in [1.82, 2.24) is 10.2 Å². The van der Waals surface area contributed by atoms with E-state index in [0.29, 0.717) is 10.1 Å². The van der Waals surface area contributed by atoms with Crippen LogP contribution >= 0.6 is 23.8 Å². The predicted molar refractivity (Wildman–Crippen MR) is 84.1 cm³/mol. The highest BCUT2D eigenvalue weighted by Gasteiger charge is 2.07. The summed E-state index contributed by atoms with van der Waals surface area (Å²) in [6, 6.07) is 7.33. The van der Waals surface area contributed by atoms with Gasteiger partial charge in [0.2, 0.25) is 5.91 Å². The third kappa shape index (κ3) is 5.01. The van der Waals surface area contributed by atoms with Gasteiger partial charge >= 0.3 is 0 Å². The third-order valence-electron chi connectivity index (χ3n) is 2.60. The Hall–Kier alpha value is -1.39. The van der Waals surface area contributed by atoms with Gasteiger partial charge in [-0.15, -0.1) is 0 Å². The van der Waals surface area contributed by atoms with Gasteiger partial charge in [-0.1, -0.05) is 29.8 Å². The van der Waals surface area contributed by atoms with E-state index < -0.39 is 0 Å². The van der Waals surface area contributed by atoms with Gasteiger partial charge in [-0.2, -0.15) is 0 Å². The molecule has 0 aromatic heterocycles. The predicted octanol–water partition coefficient (Wildman–Crippen LogP) is 3.10. The van der Waals surface area contributed by atoms with Crippen LogP contribution in [-0.4, -0.2) is 29.0 Å². The normalized spacial score (nSPS) is 10.5. The second-order valence-corrected chi connectivity index (χ2v) is 4.62. The van der Waals surface area contributed by atoms with Crippen LogP contribution in [0.15, 0.2) is 30.3 Å². The fourth-order valence-corrected chi connectivity index (χ4v) is 2.07. The van der Waals surface area contributed by atoms with E-state index in [1.165, 1.54) is 6.08 Å². The maximum Gasteiger partial charge on any atom is 0.250 e. The number of hydrogen-bond donors (Lipinski definition) is 1. The molecular weight excluding hydrogens is 280 g/mol. The lowest BCUT2D eigenvalue weighted by Crippen LogP contribution is -2.41. The van der Waals surface area contributed by atoms with E-state index in [2.05, 4.69) is 5.32 Å². The number of rotatable bonds is 4. The van der Waals surface area contributed by atoms with E-state index in [9.17, 15) is 4.79 Å². The fraction of sp³-hybridized carbons (Fsp3) is 0.286. The van der Waals surface area contributed by atoms with Gasteiger partial charge in [0.05, 0.1) is 0 Å². The van der Waals surface area contributed by atoms with Crippen LogP contribution in [0.5, 0.6) is 0 Å². The zero-order valence-electron chi connectivity index (χ0n) is 11.0.